The maximum Gasteiger partial charge on any atom is 0.300 e. The van der Waals surface area contributed by atoms with E-state index in [1.54, 1.807) is 0 Å². The molecule has 2 N–H and O–H groups in total. The van der Waals surface area contributed by atoms with Crippen LogP contribution in [-0.4, -0.2) is 21.4 Å². The molecule has 0 radical (unpaired) electrons. The van der Waals surface area contributed by atoms with E-state index in [-0.39, 0.29) is 0 Å². The number of hydrogen-bond donors (Lipinski definition) is 2. The van der Waals surface area contributed by atoms with E-state index in [4.69, 9.17) is 15.3 Å². The molecule has 0 spiro atoms. The first-order chi connectivity index (χ1) is 12.3. The van der Waals surface area contributed by atoms with E-state index in [0.29, 0.717) is 12.1 Å². The van der Waals surface area contributed by atoms with Crippen molar-refractivity contribution in [1.29, 1.82) is 5.41 Å². The van der Waals surface area contributed by atoms with Crippen LogP contribution in [-0.2, 0) is 24.7 Å². The smallest absolute Gasteiger partial charge is 0.300 e. The third-order valence-electron chi connectivity index (χ3n) is 4.42. The lowest BCUT2D eigenvalue weighted by Gasteiger charge is -2.07. The van der Waals surface area contributed by atoms with Crippen molar-refractivity contribution in [2.45, 2.75) is 33.6 Å². The van der Waals surface area contributed by atoms with Gasteiger partial charge in [0.15, 0.2) is 0 Å². The van der Waals surface area contributed by atoms with Gasteiger partial charge in [-0.25, -0.2) is 0 Å². The predicted molar refractivity (Wildman–Crippen MR) is 107 cm³/mol. The minimum atomic E-state index is -0.833. The number of aryl methyl sites for hydroxylation is 3. The first kappa shape index (κ1) is 19.4. The average Bonchev–Trinajstić information content (AvgIpc) is 2.93. The second-order valence-electron chi connectivity index (χ2n) is 6.46. The lowest BCUT2D eigenvalue weighted by molar-refractivity contribution is -0.134. The van der Waals surface area contributed by atoms with E-state index in [1.165, 1.54) is 27.6 Å². The zero-order valence-corrected chi connectivity index (χ0v) is 15.8. The second kappa shape index (κ2) is 8.48. The molecule has 0 fully saturated rings. The molecule has 4 nitrogen and oxygen atoms in total. The molecule has 0 atom stereocenters. The fraction of sp³-hybridized carbons (Fsp3) is 0.273. The number of rotatable bonds is 4. The summed E-state index contributed by atoms with van der Waals surface area (Å²) in [5, 5.41) is 17.2. The Hall–Kier alpha value is -2.88. The highest BCUT2D eigenvalue weighted by Gasteiger charge is 2.12. The summed E-state index contributed by atoms with van der Waals surface area (Å²) in [4.78, 5) is 9.00. The van der Waals surface area contributed by atoms with Crippen LogP contribution in [0.3, 0.4) is 0 Å². The summed E-state index contributed by atoms with van der Waals surface area (Å²) < 4.78 is 2.12. The Labute approximate surface area is 154 Å². The monoisotopic (exact) mass is 350 g/mol. The number of carboxylic acids is 1. The average molecular weight is 350 g/mol. The molecule has 136 valence electrons. The summed E-state index contributed by atoms with van der Waals surface area (Å²) in [5.41, 5.74) is 6.74. The van der Waals surface area contributed by atoms with Crippen LogP contribution in [0.4, 0.5) is 0 Å². The molecule has 0 bridgehead atoms. The number of hydrogen-bond acceptors (Lipinski definition) is 2. The van der Waals surface area contributed by atoms with Gasteiger partial charge in [0, 0.05) is 48.8 Å². The van der Waals surface area contributed by atoms with E-state index in [9.17, 15) is 0 Å². The number of carbonyl (C=O) groups is 1. The Kier molecular flexibility index (Phi) is 6.34. The lowest BCUT2D eigenvalue weighted by atomic mass is 9.98. The summed E-state index contributed by atoms with van der Waals surface area (Å²) in [6.45, 7) is 5.36. The van der Waals surface area contributed by atoms with Crippen molar-refractivity contribution in [3.05, 3.63) is 70.9 Å². The molecule has 0 aliphatic rings. The molecule has 1 aromatic heterocycles. The van der Waals surface area contributed by atoms with Crippen LogP contribution in [0, 0.1) is 12.3 Å². The topological polar surface area (TPSA) is 66.1 Å². The highest BCUT2D eigenvalue weighted by atomic mass is 16.4. The Balaban J connectivity index is 0.000000552. The number of carboxylic acid groups (broad SMARTS) is 1. The van der Waals surface area contributed by atoms with Crippen LogP contribution in [0.25, 0.3) is 10.9 Å². The first-order valence-corrected chi connectivity index (χ1v) is 8.73. The largest absolute Gasteiger partial charge is 0.481 e. The summed E-state index contributed by atoms with van der Waals surface area (Å²) in [5.74, 6) is -0.833. The van der Waals surface area contributed by atoms with Crippen molar-refractivity contribution in [3.63, 3.8) is 0 Å². The zero-order chi connectivity index (χ0) is 19.3. The van der Waals surface area contributed by atoms with Crippen LogP contribution < -0.4 is 0 Å². The molecule has 0 amide bonds. The Morgan fingerprint density at radius 2 is 1.85 bits per heavy atom. The van der Waals surface area contributed by atoms with Gasteiger partial charge in [-0.15, -0.1) is 0 Å². The predicted octanol–water partition coefficient (Wildman–Crippen LogP) is 4.75. The summed E-state index contributed by atoms with van der Waals surface area (Å²) in [6.07, 6.45) is 3.79. The van der Waals surface area contributed by atoms with Crippen LogP contribution >= 0.6 is 0 Å². The standard InChI is InChI=1S/C20H22N2.C2H4O2/c1-4-15-9-10-20-17(11-15)18(13-22(20)3)19(21)12-16-8-6-5-7-14(16)2;1-2(3)4/h5-11,13,21H,4,12H2,1-3H3;1H3,(H,3,4). The van der Waals surface area contributed by atoms with Gasteiger partial charge < -0.3 is 15.1 Å². The molecular formula is C22H26N2O2. The van der Waals surface area contributed by atoms with Crippen molar-refractivity contribution >= 4 is 22.6 Å². The number of nitrogens with zero attached hydrogens (tertiary/aromatic N) is 1. The molecule has 3 rings (SSSR count). The summed E-state index contributed by atoms with van der Waals surface area (Å²) >= 11 is 0. The minimum absolute atomic E-state index is 0.683. The van der Waals surface area contributed by atoms with Crippen molar-refractivity contribution < 1.29 is 9.90 Å². The quantitative estimate of drug-likeness (QED) is 0.667. The fourth-order valence-electron chi connectivity index (χ4n) is 2.99. The van der Waals surface area contributed by atoms with Gasteiger partial charge in [0.25, 0.3) is 5.97 Å². The number of fused-ring (bicyclic) bond motifs is 1. The lowest BCUT2D eigenvalue weighted by Crippen LogP contribution is -2.04. The van der Waals surface area contributed by atoms with Gasteiger partial charge in [0.05, 0.1) is 0 Å². The van der Waals surface area contributed by atoms with Crippen molar-refractivity contribution in [2.24, 2.45) is 7.05 Å². The van der Waals surface area contributed by atoms with Crippen molar-refractivity contribution in [2.75, 3.05) is 0 Å². The van der Waals surface area contributed by atoms with Gasteiger partial charge in [0.1, 0.15) is 0 Å². The molecule has 0 unspecified atom stereocenters. The molecule has 0 aliphatic carbocycles. The van der Waals surface area contributed by atoms with Gasteiger partial charge in [-0.2, -0.15) is 0 Å². The fourth-order valence-corrected chi connectivity index (χ4v) is 2.99. The second-order valence-corrected chi connectivity index (χ2v) is 6.46. The van der Waals surface area contributed by atoms with Crippen LogP contribution in [0.15, 0.2) is 48.7 Å². The normalized spacial score (nSPS) is 10.3. The Bertz CT molecular complexity index is 934. The third-order valence-corrected chi connectivity index (χ3v) is 4.42. The molecule has 2 aromatic carbocycles. The van der Waals surface area contributed by atoms with Crippen LogP contribution in [0.5, 0.6) is 0 Å². The molecule has 0 saturated heterocycles. The van der Waals surface area contributed by atoms with Gasteiger partial charge in [-0.1, -0.05) is 37.3 Å². The first-order valence-electron chi connectivity index (χ1n) is 8.73. The van der Waals surface area contributed by atoms with E-state index in [2.05, 4.69) is 62.0 Å². The van der Waals surface area contributed by atoms with E-state index >= 15 is 0 Å². The van der Waals surface area contributed by atoms with E-state index < -0.39 is 5.97 Å². The number of nitrogens with one attached hydrogen (secondary N) is 1. The van der Waals surface area contributed by atoms with Gasteiger partial charge in [-0.05, 0) is 42.2 Å². The Morgan fingerprint density at radius 3 is 2.46 bits per heavy atom. The SMILES string of the molecule is CC(=O)O.CCc1ccc2c(c1)c(C(=N)Cc1ccccc1C)cn2C. The Morgan fingerprint density at radius 1 is 1.19 bits per heavy atom. The summed E-state index contributed by atoms with van der Waals surface area (Å²) in [6, 6.07) is 14.9. The molecule has 26 heavy (non-hydrogen) atoms. The molecule has 0 aliphatic heterocycles. The number of benzene rings is 2. The molecular weight excluding hydrogens is 324 g/mol. The maximum absolute atomic E-state index is 9.00. The van der Waals surface area contributed by atoms with Crippen molar-refractivity contribution in [1.82, 2.24) is 4.57 Å². The number of aliphatic carboxylic acids is 1. The van der Waals surface area contributed by atoms with E-state index in [0.717, 1.165) is 18.9 Å². The highest BCUT2D eigenvalue weighted by Crippen LogP contribution is 2.24. The molecule has 3 aromatic rings. The summed E-state index contributed by atoms with van der Waals surface area (Å²) in [7, 11) is 2.05. The maximum atomic E-state index is 9.00. The van der Waals surface area contributed by atoms with Gasteiger partial charge >= 0.3 is 0 Å². The van der Waals surface area contributed by atoms with Crippen LogP contribution in [0.2, 0.25) is 0 Å². The van der Waals surface area contributed by atoms with E-state index in [1.807, 2.05) is 12.1 Å². The molecule has 4 heteroatoms. The molecule has 0 saturated carbocycles. The van der Waals surface area contributed by atoms with Gasteiger partial charge in [0.2, 0.25) is 0 Å². The van der Waals surface area contributed by atoms with Gasteiger partial charge in [-0.3, -0.25) is 4.79 Å². The zero-order valence-electron chi connectivity index (χ0n) is 15.8. The molecule has 1 heterocycles. The highest BCUT2D eigenvalue weighted by molar-refractivity contribution is 6.10. The minimum Gasteiger partial charge on any atom is -0.481 e. The number of aromatic nitrogens is 1. The van der Waals surface area contributed by atoms with Crippen molar-refractivity contribution in [3.8, 4) is 0 Å². The third kappa shape index (κ3) is 4.60. The van der Waals surface area contributed by atoms with Crippen LogP contribution in [0.1, 0.15) is 36.1 Å².